The molecule has 8 nitrogen and oxygen atoms in total. The Labute approximate surface area is 256 Å². The van der Waals surface area contributed by atoms with Crippen molar-refractivity contribution in [2.24, 2.45) is 11.8 Å². The van der Waals surface area contributed by atoms with Crippen LogP contribution in [0, 0.1) is 11.8 Å². The number of amides is 2. The summed E-state index contributed by atoms with van der Waals surface area (Å²) in [6.07, 6.45) is 4.50. The number of carbonyl (C=O) groups excluding carboxylic acids is 2. The highest BCUT2D eigenvalue weighted by atomic mass is 35.5. The van der Waals surface area contributed by atoms with Gasteiger partial charge in [0, 0.05) is 36.0 Å². The van der Waals surface area contributed by atoms with Gasteiger partial charge in [0.25, 0.3) is 10.0 Å². The van der Waals surface area contributed by atoms with Crippen LogP contribution in [0.25, 0.3) is 0 Å². The number of anilines is 1. The van der Waals surface area contributed by atoms with E-state index in [1.54, 1.807) is 24.3 Å². The van der Waals surface area contributed by atoms with E-state index in [-0.39, 0.29) is 34.5 Å². The summed E-state index contributed by atoms with van der Waals surface area (Å²) in [5.74, 6) is 0.00941. The van der Waals surface area contributed by atoms with Gasteiger partial charge in [0.2, 0.25) is 11.8 Å². The van der Waals surface area contributed by atoms with Gasteiger partial charge in [-0.05, 0) is 90.6 Å². The molecule has 5 aliphatic rings. The predicted molar refractivity (Wildman–Crippen MR) is 164 cm³/mol. The Balaban J connectivity index is 1.30. The molecule has 1 saturated carbocycles. The van der Waals surface area contributed by atoms with Crippen LogP contribution < -0.4 is 19.7 Å². The smallest absolute Gasteiger partial charge is 0.264 e. The molecule has 3 atom stereocenters. The van der Waals surface area contributed by atoms with E-state index in [1.165, 1.54) is 17.2 Å². The molecule has 3 aromatic rings. The third-order valence-corrected chi connectivity index (χ3v) is 11.2. The zero-order chi connectivity index (χ0) is 29.8. The van der Waals surface area contributed by atoms with Gasteiger partial charge in [-0.2, -0.15) is 0 Å². The summed E-state index contributed by atoms with van der Waals surface area (Å²) < 4.78 is 35.6. The number of rotatable bonds is 0. The van der Waals surface area contributed by atoms with Crippen molar-refractivity contribution in [3.63, 3.8) is 0 Å². The van der Waals surface area contributed by atoms with E-state index in [2.05, 4.69) is 21.0 Å². The van der Waals surface area contributed by atoms with Crippen LogP contribution in [0.3, 0.4) is 0 Å². The van der Waals surface area contributed by atoms with E-state index < -0.39 is 15.9 Å². The van der Waals surface area contributed by atoms with Crippen LogP contribution in [0.15, 0.2) is 65.6 Å². The number of hydrogen-bond donors (Lipinski definition) is 2. The summed E-state index contributed by atoms with van der Waals surface area (Å²) in [6, 6.07) is 18.2. The minimum atomic E-state index is -4.14. The molecule has 3 aromatic carbocycles. The van der Waals surface area contributed by atoms with E-state index in [9.17, 15) is 18.0 Å². The number of hydrogen-bond acceptors (Lipinski definition) is 6. The monoisotopic (exact) mass is 619 g/mol. The van der Waals surface area contributed by atoms with Gasteiger partial charge in [0.15, 0.2) is 0 Å². The summed E-state index contributed by atoms with van der Waals surface area (Å²) in [7, 11) is -4.14. The SMILES string of the molecule is O=C1Cc2ccc(cc2)CNC(=O)[C@@H]2CC[C@H]2CN2C[C@@]3(CCCc4cc(Cl)ccc43)COc3ccc(cc32)S(=O)(=O)N1. The van der Waals surface area contributed by atoms with Gasteiger partial charge in [-0.25, -0.2) is 13.1 Å². The Morgan fingerprint density at radius 1 is 0.977 bits per heavy atom. The van der Waals surface area contributed by atoms with Crippen molar-refractivity contribution >= 4 is 39.1 Å². The summed E-state index contributed by atoms with van der Waals surface area (Å²) >= 11 is 6.38. The van der Waals surface area contributed by atoms with E-state index in [0.29, 0.717) is 48.3 Å². The molecule has 2 N–H and O–H groups in total. The fourth-order valence-corrected chi connectivity index (χ4v) is 8.40. The molecular weight excluding hydrogens is 586 g/mol. The van der Waals surface area contributed by atoms with Gasteiger partial charge in [-0.3, -0.25) is 9.59 Å². The Kier molecular flexibility index (Phi) is 7.13. The maximum absolute atomic E-state index is 13.4. The second-order valence-electron chi connectivity index (χ2n) is 12.4. The largest absolute Gasteiger partial charge is 0.490 e. The summed E-state index contributed by atoms with van der Waals surface area (Å²) in [6.45, 7) is 2.04. The lowest BCUT2D eigenvalue weighted by Gasteiger charge is -2.44. The van der Waals surface area contributed by atoms with Crippen LogP contribution in [0.5, 0.6) is 5.75 Å². The van der Waals surface area contributed by atoms with Crippen molar-refractivity contribution in [3.05, 3.63) is 87.9 Å². The first-order valence-electron chi connectivity index (χ1n) is 14.9. The molecule has 8 rings (SSSR count). The van der Waals surface area contributed by atoms with Gasteiger partial charge in [0.1, 0.15) is 5.75 Å². The number of benzene rings is 3. The average molecular weight is 620 g/mol. The van der Waals surface area contributed by atoms with Gasteiger partial charge in [-0.1, -0.05) is 41.9 Å². The Morgan fingerprint density at radius 3 is 2.58 bits per heavy atom. The summed E-state index contributed by atoms with van der Waals surface area (Å²) in [5, 5.41) is 3.82. The van der Waals surface area contributed by atoms with Crippen LogP contribution >= 0.6 is 11.6 Å². The van der Waals surface area contributed by atoms with Crippen LogP contribution in [-0.4, -0.2) is 39.9 Å². The topological polar surface area (TPSA) is 105 Å². The van der Waals surface area contributed by atoms with Crippen molar-refractivity contribution in [3.8, 4) is 5.75 Å². The van der Waals surface area contributed by atoms with E-state index >= 15 is 0 Å². The zero-order valence-corrected chi connectivity index (χ0v) is 25.3. The third kappa shape index (κ3) is 5.38. The standard InChI is InChI=1S/C33H34ClN3O5S/c34-25-8-11-28-23(15-25)2-1-13-33(28)19-37-18-24-7-10-27(24)32(39)35-17-22-5-3-21(4-6-22)14-31(38)36-43(40,41)26-9-12-30(42-20-33)29(37)16-26/h3-6,8-9,11-12,15-16,24,27H,1-2,7,10,13-14,17-20H2,(H,35,39)(H,36,38)/t24-,27+,33-/m0/s1. The first-order chi connectivity index (χ1) is 20.7. The van der Waals surface area contributed by atoms with Gasteiger partial charge in [-0.15, -0.1) is 0 Å². The van der Waals surface area contributed by atoms with Crippen molar-refractivity contribution < 1.29 is 22.7 Å². The Bertz CT molecular complexity index is 1710. The molecule has 43 heavy (non-hydrogen) atoms. The van der Waals surface area contributed by atoms with Crippen molar-refractivity contribution in [2.45, 2.75) is 55.4 Å². The van der Waals surface area contributed by atoms with Gasteiger partial charge >= 0.3 is 0 Å². The average Bonchev–Trinajstić information content (AvgIpc) is 3.11. The number of fused-ring (bicyclic) bond motifs is 9. The zero-order valence-electron chi connectivity index (χ0n) is 23.8. The number of nitrogens with zero attached hydrogens (tertiary/aromatic N) is 1. The Hall–Kier alpha value is -3.56. The molecule has 0 unspecified atom stereocenters. The molecule has 2 amide bonds. The third-order valence-electron chi connectivity index (χ3n) is 9.63. The minimum Gasteiger partial charge on any atom is -0.490 e. The number of sulfonamides is 1. The molecule has 10 heteroatoms. The number of ether oxygens (including phenoxy) is 1. The first kappa shape index (κ1) is 28.2. The van der Waals surface area contributed by atoms with Gasteiger partial charge < -0.3 is 15.0 Å². The first-order valence-corrected chi connectivity index (χ1v) is 16.8. The molecule has 0 radical (unpaired) electrons. The highest BCUT2D eigenvalue weighted by Gasteiger charge is 2.44. The molecule has 2 aliphatic carbocycles. The fraction of sp³-hybridized carbons (Fsp3) is 0.394. The number of aryl methyl sites for hydroxylation is 1. The maximum Gasteiger partial charge on any atom is 0.264 e. The lowest BCUT2D eigenvalue weighted by molar-refractivity contribution is -0.130. The molecule has 1 spiro atoms. The number of halogens is 1. The van der Waals surface area contributed by atoms with Crippen LogP contribution in [0.4, 0.5) is 5.69 Å². The van der Waals surface area contributed by atoms with Crippen molar-refractivity contribution in [1.82, 2.24) is 10.0 Å². The van der Waals surface area contributed by atoms with Crippen molar-refractivity contribution in [2.75, 3.05) is 24.6 Å². The Morgan fingerprint density at radius 2 is 1.79 bits per heavy atom. The minimum absolute atomic E-state index is 0.000608. The van der Waals surface area contributed by atoms with Crippen LogP contribution in [0.1, 0.15) is 47.9 Å². The molecule has 3 heterocycles. The van der Waals surface area contributed by atoms with Crippen LogP contribution in [0.2, 0.25) is 5.02 Å². The summed E-state index contributed by atoms with van der Waals surface area (Å²) in [4.78, 5) is 28.3. The van der Waals surface area contributed by atoms with E-state index in [1.807, 2.05) is 24.3 Å². The number of nitrogens with one attached hydrogen (secondary N) is 2. The summed E-state index contributed by atoms with van der Waals surface area (Å²) in [5.41, 5.74) is 4.37. The lowest BCUT2D eigenvalue weighted by Crippen LogP contribution is -2.50. The normalized spacial score (nSPS) is 26.4. The molecule has 1 fully saturated rings. The second kappa shape index (κ2) is 10.9. The predicted octanol–water partition coefficient (Wildman–Crippen LogP) is 4.52. The highest BCUT2D eigenvalue weighted by Crippen LogP contribution is 2.46. The molecule has 0 aromatic heterocycles. The second-order valence-corrected chi connectivity index (χ2v) is 14.5. The molecule has 3 aliphatic heterocycles. The molecule has 224 valence electrons. The van der Waals surface area contributed by atoms with Crippen molar-refractivity contribution in [1.29, 1.82) is 0 Å². The molecular formula is C33H34ClN3O5S. The fourth-order valence-electron chi connectivity index (χ4n) is 7.20. The lowest BCUT2D eigenvalue weighted by atomic mass is 9.69. The van der Waals surface area contributed by atoms with E-state index in [0.717, 1.165) is 37.7 Å². The van der Waals surface area contributed by atoms with E-state index in [4.69, 9.17) is 16.3 Å². The quantitative estimate of drug-likeness (QED) is 0.384. The molecule has 0 saturated heterocycles. The van der Waals surface area contributed by atoms with Gasteiger partial charge in [0.05, 0.1) is 23.6 Å². The number of carbonyl (C=O) groups is 2. The van der Waals surface area contributed by atoms with Crippen LogP contribution in [-0.2, 0) is 44.4 Å². The highest BCUT2D eigenvalue weighted by molar-refractivity contribution is 7.90. The maximum atomic E-state index is 13.4. The molecule has 4 bridgehead atoms.